The first-order valence-corrected chi connectivity index (χ1v) is 8.71. The lowest BCUT2D eigenvalue weighted by molar-refractivity contribution is -0.111. The minimum atomic E-state index is -0.608. The molecule has 0 heterocycles. The van der Waals surface area contributed by atoms with Crippen LogP contribution in [0.4, 0.5) is 16.2 Å². The third-order valence-corrected chi connectivity index (χ3v) is 3.96. The standard InChI is InChI=1S/C19H18Cl2N2O4/c1-26-10-11-27-19(25)23-14-5-2-4-13(12-14)22-18(24)9-8-15-16(20)6-3-7-17(15)21/h2-9,12H,10-11H2,1H3,(H,22,24)(H,23,25)/b9-8+. The number of hydrogen-bond acceptors (Lipinski definition) is 4. The average Bonchev–Trinajstić information content (AvgIpc) is 2.62. The molecule has 0 atom stereocenters. The second kappa shape index (κ2) is 10.6. The fraction of sp³-hybridized carbons (Fsp3) is 0.158. The molecule has 2 aromatic rings. The van der Waals surface area contributed by atoms with Crippen LogP contribution in [0.15, 0.2) is 48.5 Å². The van der Waals surface area contributed by atoms with E-state index in [1.807, 2.05) is 0 Å². The Labute approximate surface area is 167 Å². The van der Waals surface area contributed by atoms with E-state index in [9.17, 15) is 9.59 Å². The van der Waals surface area contributed by atoms with Crippen LogP contribution in [0, 0.1) is 0 Å². The lowest BCUT2D eigenvalue weighted by Gasteiger charge is -2.08. The topological polar surface area (TPSA) is 76.7 Å². The summed E-state index contributed by atoms with van der Waals surface area (Å²) >= 11 is 12.1. The van der Waals surface area contributed by atoms with Crippen LogP contribution in [-0.2, 0) is 14.3 Å². The van der Waals surface area contributed by atoms with Gasteiger partial charge in [-0.2, -0.15) is 0 Å². The van der Waals surface area contributed by atoms with Gasteiger partial charge in [-0.15, -0.1) is 0 Å². The minimum Gasteiger partial charge on any atom is -0.447 e. The van der Waals surface area contributed by atoms with Crippen LogP contribution >= 0.6 is 23.2 Å². The second-order valence-electron chi connectivity index (χ2n) is 5.29. The van der Waals surface area contributed by atoms with Gasteiger partial charge < -0.3 is 14.8 Å². The molecule has 27 heavy (non-hydrogen) atoms. The molecule has 8 heteroatoms. The van der Waals surface area contributed by atoms with Gasteiger partial charge in [0.15, 0.2) is 0 Å². The molecule has 2 amide bonds. The monoisotopic (exact) mass is 408 g/mol. The maximum Gasteiger partial charge on any atom is 0.411 e. The van der Waals surface area contributed by atoms with E-state index in [1.54, 1.807) is 42.5 Å². The molecule has 0 unspecified atom stereocenters. The van der Waals surface area contributed by atoms with Gasteiger partial charge in [-0.05, 0) is 36.4 Å². The lowest BCUT2D eigenvalue weighted by atomic mass is 10.2. The summed E-state index contributed by atoms with van der Waals surface area (Å²) in [6, 6.07) is 11.8. The van der Waals surface area contributed by atoms with Crippen LogP contribution in [0.2, 0.25) is 10.0 Å². The van der Waals surface area contributed by atoms with Crippen LogP contribution in [0.3, 0.4) is 0 Å². The molecule has 0 aliphatic rings. The largest absolute Gasteiger partial charge is 0.447 e. The summed E-state index contributed by atoms with van der Waals surface area (Å²) < 4.78 is 9.72. The molecule has 2 rings (SSSR count). The fourth-order valence-electron chi connectivity index (χ4n) is 2.06. The number of hydrogen-bond donors (Lipinski definition) is 2. The van der Waals surface area contributed by atoms with Gasteiger partial charge in [0.05, 0.1) is 6.61 Å². The summed E-state index contributed by atoms with van der Waals surface area (Å²) in [6.45, 7) is 0.458. The highest BCUT2D eigenvalue weighted by molar-refractivity contribution is 6.37. The summed E-state index contributed by atoms with van der Waals surface area (Å²) in [6.07, 6.45) is 2.25. The van der Waals surface area contributed by atoms with Gasteiger partial charge in [-0.3, -0.25) is 10.1 Å². The van der Waals surface area contributed by atoms with Crippen molar-refractivity contribution >= 4 is 52.7 Å². The number of anilines is 2. The first-order chi connectivity index (χ1) is 13.0. The number of rotatable bonds is 7. The third-order valence-electron chi connectivity index (χ3n) is 3.30. The van der Waals surface area contributed by atoms with Crippen molar-refractivity contribution in [3.05, 3.63) is 64.1 Å². The maximum atomic E-state index is 12.1. The van der Waals surface area contributed by atoms with Gasteiger partial charge in [0, 0.05) is 40.2 Å². The van der Waals surface area contributed by atoms with E-state index < -0.39 is 6.09 Å². The molecule has 0 fully saturated rings. The maximum absolute atomic E-state index is 12.1. The molecule has 2 N–H and O–H groups in total. The first-order valence-electron chi connectivity index (χ1n) is 7.95. The summed E-state index contributed by atoms with van der Waals surface area (Å²) in [5.74, 6) is -0.370. The van der Waals surface area contributed by atoms with Crippen molar-refractivity contribution in [3.8, 4) is 0 Å². The molecular formula is C19H18Cl2N2O4. The van der Waals surface area contributed by atoms with E-state index in [0.29, 0.717) is 33.6 Å². The van der Waals surface area contributed by atoms with E-state index in [4.69, 9.17) is 32.7 Å². The Bertz CT molecular complexity index is 820. The Morgan fingerprint density at radius 1 is 1.00 bits per heavy atom. The quantitative estimate of drug-likeness (QED) is 0.507. The summed E-state index contributed by atoms with van der Waals surface area (Å²) in [5, 5.41) is 6.16. The Morgan fingerprint density at radius 3 is 2.30 bits per heavy atom. The molecule has 6 nitrogen and oxygen atoms in total. The number of carbonyl (C=O) groups is 2. The Balaban J connectivity index is 1.96. The van der Waals surface area contributed by atoms with Crippen molar-refractivity contribution < 1.29 is 19.1 Å². The molecule has 0 saturated heterocycles. The van der Waals surface area contributed by atoms with Crippen molar-refractivity contribution in [3.63, 3.8) is 0 Å². The molecule has 0 spiro atoms. The molecular weight excluding hydrogens is 391 g/mol. The van der Waals surface area contributed by atoms with Crippen molar-refractivity contribution in [2.75, 3.05) is 31.0 Å². The summed E-state index contributed by atoms with van der Waals surface area (Å²) in [5.41, 5.74) is 1.54. The van der Waals surface area contributed by atoms with Gasteiger partial charge in [-0.25, -0.2) is 4.79 Å². The molecule has 0 bridgehead atoms. The number of methoxy groups -OCH3 is 1. The number of ether oxygens (including phenoxy) is 2. The zero-order valence-corrected chi connectivity index (χ0v) is 16.0. The van der Waals surface area contributed by atoms with Crippen molar-refractivity contribution in [1.82, 2.24) is 0 Å². The molecule has 0 radical (unpaired) electrons. The Kier molecular flexibility index (Phi) is 8.13. The highest BCUT2D eigenvalue weighted by Crippen LogP contribution is 2.25. The molecule has 2 aromatic carbocycles. The highest BCUT2D eigenvalue weighted by Gasteiger charge is 2.06. The van der Waals surface area contributed by atoms with Crippen LogP contribution in [0.25, 0.3) is 6.08 Å². The van der Waals surface area contributed by atoms with E-state index >= 15 is 0 Å². The molecule has 0 aliphatic carbocycles. The van der Waals surface area contributed by atoms with E-state index in [2.05, 4.69) is 10.6 Å². The number of nitrogens with one attached hydrogen (secondary N) is 2. The highest BCUT2D eigenvalue weighted by atomic mass is 35.5. The normalized spacial score (nSPS) is 10.6. The first kappa shape index (κ1) is 20.8. The van der Waals surface area contributed by atoms with Crippen molar-refractivity contribution in [2.45, 2.75) is 0 Å². The average molecular weight is 409 g/mol. The fourth-order valence-corrected chi connectivity index (χ4v) is 2.58. The van der Waals surface area contributed by atoms with E-state index in [-0.39, 0.29) is 12.5 Å². The van der Waals surface area contributed by atoms with Gasteiger partial charge in [0.25, 0.3) is 0 Å². The molecule has 0 aliphatic heterocycles. The molecule has 142 valence electrons. The lowest BCUT2D eigenvalue weighted by Crippen LogP contribution is -2.16. The number of carbonyl (C=O) groups excluding carboxylic acids is 2. The molecule has 0 saturated carbocycles. The minimum absolute atomic E-state index is 0.147. The van der Waals surface area contributed by atoms with Gasteiger partial charge in [0.1, 0.15) is 6.61 Å². The third kappa shape index (κ3) is 6.94. The zero-order valence-electron chi connectivity index (χ0n) is 14.5. The van der Waals surface area contributed by atoms with Crippen LogP contribution in [0.1, 0.15) is 5.56 Å². The predicted octanol–water partition coefficient (Wildman–Crippen LogP) is 4.84. The van der Waals surface area contributed by atoms with Gasteiger partial charge in [-0.1, -0.05) is 35.3 Å². The number of amides is 2. The molecule has 0 aromatic heterocycles. The van der Waals surface area contributed by atoms with Crippen LogP contribution in [-0.4, -0.2) is 32.3 Å². The number of benzene rings is 2. The summed E-state index contributed by atoms with van der Waals surface area (Å²) in [4.78, 5) is 23.7. The van der Waals surface area contributed by atoms with Crippen LogP contribution < -0.4 is 10.6 Å². The van der Waals surface area contributed by atoms with E-state index in [0.717, 1.165) is 0 Å². The van der Waals surface area contributed by atoms with Crippen molar-refractivity contribution in [1.29, 1.82) is 0 Å². The van der Waals surface area contributed by atoms with Crippen molar-refractivity contribution in [2.24, 2.45) is 0 Å². The Hall–Kier alpha value is -2.54. The van der Waals surface area contributed by atoms with Crippen LogP contribution in [0.5, 0.6) is 0 Å². The summed E-state index contributed by atoms with van der Waals surface area (Å²) in [7, 11) is 1.52. The smallest absolute Gasteiger partial charge is 0.411 e. The van der Waals surface area contributed by atoms with E-state index in [1.165, 1.54) is 19.3 Å². The SMILES string of the molecule is COCCOC(=O)Nc1cccc(NC(=O)/C=C/c2c(Cl)cccc2Cl)c1. The number of halogens is 2. The Morgan fingerprint density at radius 2 is 1.63 bits per heavy atom. The second-order valence-corrected chi connectivity index (χ2v) is 6.11. The predicted molar refractivity (Wildman–Crippen MR) is 107 cm³/mol. The van der Waals surface area contributed by atoms with Gasteiger partial charge in [0.2, 0.25) is 5.91 Å². The zero-order chi connectivity index (χ0) is 19.6. The van der Waals surface area contributed by atoms with Gasteiger partial charge >= 0.3 is 6.09 Å².